The quantitative estimate of drug-likeness (QED) is 0.792. The van der Waals surface area contributed by atoms with E-state index in [0.29, 0.717) is 25.2 Å². The molecular weight excluding hydrogens is 398 g/mol. The number of benzene rings is 2. The van der Waals surface area contributed by atoms with E-state index in [1.54, 1.807) is 27.4 Å². The molecule has 2 aliphatic heterocycles. The van der Waals surface area contributed by atoms with Gasteiger partial charge in [0.2, 0.25) is 10.0 Å². The predicted molar refractivity (Wildman–Crippen MR) is 118 cm³/mol. The van der Waals surface area contributed by atoms with E-state index in [1.165, 1.54) is 6.07 Å². The van der Waals surface area contributed by atoms with Crippen molar-refractivity contribution in [3.05, 3.63) is 60.2 Å². The molecule has 1 amide bonds. The molecule has 2 heterocycles. The van der Waals surface area contributed by atoms with Crippen molar-refractivity contribution in [3.8, 4) is 0 Å². The van der Waals surface area contributed by atoms with Crippen LogP contribution in [0.25, 0.3) is 0 Å². The second-order valence-corrected chi connectivity index (χ2v) is 10.1. The Labute approximate surface area is 178 Å². The summed E-state index contributed by atoms with van der Waals surface area (Å²) >= 11 is 0. The molecule has 160 valence electrons. The second kappa shape index (κ2) is 8.78. The number of carbonyl (C=O) groups excluding carboxylic acids is 1. The summed E-state index contributed by atoms with van der Waals surface area (Å²) in [6, 6.07) is 16.7. The number of sulfonamides is 1. The molecule has 6 nitrogen and oxygen atoms in total. The number of carbonyl (C=O) groups is 1. The van der Waals surface area contributed by atoms with Crippen molar-refractivity contribution in [1.29, 1.82) is 0 Å². The summed E-state index contributed by atoms with van der Waals surface area (Å²) in [5, 5.41) is 3.46. The van der Waals surface area contributed by atoms with Gasteiger partial charge in [-0.05, 0) is 56.5 Å². The summed E-state index contributed by atoms with van der Waals surface area (Å²) in [7, 11) is -3.59. The highest BCUT2D eigenvalue weighted by Gasteiger charge is 2.32. The predicted octanol–water partition coefficient (Wildman–Crippen LogP) is 3.58. The fraction of sp³-hybridized carbons (Fsp3) is 0.435. The SMILES string of the molecule is CC1CCCCN1S(=O)(=O)c1cccc(C(=O)N2CCC(Nc3ccccc3)C2)c1. The summed E-state index contributed by atoms with van der Waals surface area (Å²) in [4.78, 5) is 15.1. The number of piperidine rings is 1. The van der Waals surface area contributed by atoms with E-state index in [2.05, 4.69) is 5.32 Å². The van der Waals surface area contributed by atoms with Crippen LogP contribution in [0.4, 0.5) is 5.69 Å². The van der Waals surface area contributed by atoms with Crippen LogP contribution in [0, 0.1) is 0 Å². The number of likely N-dealkylation sites (tertiary alicyclic amines) is 1. The summed E-state index contributed by atoms with van der Waals surface area (Å²) in [5.41, 5.74) is 1.47. The summed E-state index contributed by atoms with van der Waals surface area (Å²) in [6.45, 7) is 3.76. The van der Waals surface area contributed by atoms with Crippen molar-refractivity contribution in [3.63, 3.8) is 0 Å². The molecule has 30 heavy (non-hydrogen) atoms. The topological polar surface area (TPSA) is 69.7 Å². The van der Waals surface area contributed by atoms with Crippen LogP contribution in [0.1, 0.15) is 43.0 Å². The molecule has 0 spiro atoms. The standard InChI is InChI=1S/C23H29N3O3S/c1-18-8-5-6-14-26(18)30(28,29)22-12-7-9-19(16-22)23(27)25-15-13-21(17-25)24-20-10-3-2-4-11-20/h2-4,7,9-12,16,18,21,24H,5-6,8,13-15,17H2,1H3. The van der Waals surface area contributed by atoms with Crippen LogP contribution in [0.2, 0.25) is 0 Å². The van der Waals surface area contributed by atoms with Gasteiger partial charge in [-0.1, -0.05) is 30.7 Å². The Hall–Kier alpha value is -2.38. The van der Waals surface area contributed by atoms with Gasteiger partial charge in [0.05, 0.1) is 4.90 Å². The van der Waals surface area contributed by atoms with Crippen molar-refractivity contribution in [2.24, 2.45) is 0 Å². The van der Waals surface area contributed by atoms with E-state index < -0.39 is 10.0 Å². The van der Waals surface area contributed by atoms with E-state index in [0.717, 1.165) is 31.4 Å². The molecule has 2 atom stereocenters. The summed E-state index contributed by atoms with van der Waals surface area (Å²) < 4.78 is 27.9. The minimum absolute atomic E-state index is 0.00786. The van der Waals surface area contributed by atoms with Crippen molar-refractivity contribution in [1.82, 2.24) is 9.21 Å². The first-order valence-corrected chi connectivity index (χ1v) is 12.1. The first-order valence-electron chi connectivity index (χ1n) is 10.7. The molecule has 2 fully saturated rings. The number of amides is 1. The van der Waals surface area contributed by atoms with E-state index in [9.17, 15) is 13.2 Å². The number of rotatable bonds is 5. The van der Waals surface area contributed by atoms with Gasteiger partial charge in [0.25, 0.3) is 5.91 Å². The molecule has 2 aromatic rings. The van der Waals surface area contributed by atoms with E-state index in [4.69, 9.17) is 0 Å². The van der Waals surface area contributed by atoms with Crippen molar-refractivity contribution in [2.45, 2.75) is 49.6 Å². The Morgan fingerprint density at radius 1 is 1.00 bits per heavy atom. The minimum atomic E-state index is -3.59. The minimum Gasteiger partial charge on any atom is -0.380 e. The van der Waals surface area contributed by atoms with Crippen LogP contribution in [0.3, 0.4) is 0 Å². The molecule has 2 aromatic carbocycles. The van der Waals surface area contributed by atoms with Crippen molar-refractivity contribution < 1.29 is 13.2 Å². The highest BCUT2D eigenvalue weighted by molar-refractivity contribution is 7.89. The van der Waals surface area contributed by atoms with Crippen LogP contribution in [0.15, 0.2) is 59.5 Å². The molecule has 2 unspecified atom stereocenters. The summed E-state index contributed by atoms with van der Waals surface area (Å²) in [6.07, 6.45) is 3.68. The Bertz CT molecular complexity index is 994. The van der Waals surface area contributed by atoms with Crippen LogP contribution in [-0.2, 0) is 10.0 Å². The third kappa shape index (κ3) is 4.37. The number of hydrogen-bond acceptors (Lipinski definition) is 4. The smallest absolute Gasteiger partial charge is 0.253 e. The van der Waals surface area contributed by atoms with Crippen LogP contribution in [0.5, 0.6) is 0 Å². The van der Waals surface area contributed by atoms with Crippen LogP contribution in [-0.4, -0.2) is 55.2 Å². The second-order valence-electron chi connectivity index (χ2n) is 8.24. The molecule has 7 heteroatoms. The van der Waals surface area contributed by atoms with Gasteiger partial charge in [-0.3, -0.25) is 4.79 Å². The van der Waals surface area contributed by atoms with Gasteiger partial charge in [-0.25, -0.2) is 8.42 Å². The van der Waals surface area contributed by atoms with Crippen LogP contribution >= 0.6 is 0 Å². The van der Waals surface area contributed by atoms with Crippen molar-refractivity contribution >= 4 is 21.6 Å². The lowest BCUT2D eigenvalue weighted by atomic mass is 10.1. The zero-order chi connectivity index (χ0) is 21.1. The lowest BCUT2D eigenvalue weighted by molar-refractivity contribution is 0.0791. The van der Waals surface area contributed by atoms with Gasteiger partial charge >= 0.3 is 0 Å². The third-order valence-electron chi connectivity index (χ3n) is 6.05. The molecule has 4 rings (SSSR count). The van der Waals surface area contributed by atoms with Gasteiger partial charge in [0.15, 0.2) is 0 Å². The molecule has 0 radical (unpaired) electrons. The fourth-order valence-electron chi connectivity index (χ4n) is 4.37. The molecule has 1 N–H and O–H groups in total. The fourth-order valence-corrected chi connectivity index (χ4v) is 6.11. The van der Waals surface area contributed by atoms with Gasteiger partial charge in [0, 0.05) is 43.0 Å². The maximum absolute atomic E-state index is 13.1. The normalized spacial score (nSPS) is 22.8. The Morgan fingerprint density at radius 2 is 1.80 bits per heavy atom. The number of hydrogen-bond donors (Lipinski definition) is 1. The first-order chi connectivity index (χ1) is 14.4. The number of para-hydroxylation sites is 1. The monoisotopic (exact) mass is 427 g/mol. The molecule has 2 saturated heterocycles. The highest BCUT2D eigenvalue weighted by atomic mass is 32.2. The molecule has 0 aromatic heterocycles. The Balaban J connectivity index is 1.46. The lowest BCUT2D eigenvalue weighted by Gasteiger charge is -2.32. The molecular formula is C23H29N3O3S. The first kappa shape index (κ1) is 20.9. The summed E-state index contributed by atoms with van der Waals surface area (Å²) in [5.74, 6) is -0.115. The third-order valence-corrected chi connectivity index (χ3v) is 8.06. The number of nitrogens with zero attached hydrogens (tertiary/aromatic N) is 2. The van der Waals surface area contributed by atoms with E-state index in [1.807, 2.05) is 37.3 Å². The zero-order valence-corrected chi connectivity index (χ0v) is 18.1. The van der Waals surface area contributed by atoms with E-state index in [-0.39, 0.29) is 22.9 Å². The molecule has 0 saturated carbocycles. The van der Waals surface area contributed by atoms with Gasteiger partial charge in [0.1, 0.15) is 0 Å². The molecule has 0 bridgehead atoms. The largest absolute Gasteiger partial charge is 0.380 e. The number of anilines is 1. The number of nitrogens with one attached hydrogen (secondary N) is 1. The average molecular weight is 428 g/mol. The van der Waals surface area contributed by atoms with Gasteiger partial charge < -0.3 is 10.2 Å². The van der Waals surface area contributed by atoms with Crippen LogP contribution < -0.4 is 5.32 Å². The Morgan fingerprint density at radius 3 is 2.57 bits per heavy atom. The van der Waals surface area contributed by atoms with E-state index >= 15 is 0 Å². The maximum Gasteiger partial charge on any atom is 0.253 e. The molecule has 2 aliphatic rings. The molecule has 0 aliphatic carbocycles. The van der Waals surface area contributed by atoms with Gasteiger partial charge in [-0.15, -0.1) is 0 Å². The highest BCUT2D eigenvalue weighted by Crippen LogP contribution is 2.26. The van der Waals surface area contributed by atoms with Crippen molar-refractivity contribution in [2.75, 3.05) is 25.0 Å². The Kier molecular flexibility index (Phi) is 6.11. The van der Waals surface area contributed by atoms with Gasteiger partial charge in [-0.2, -0.15) is 4.31 Å². The lowest BCUT2D eigenvalue weighted by Crippen LogP contribution is -2.42. The maximum atomic E-state index is 13.1. The average Bonchev–Trinajstić information content (AvgIpc) is 3.22. The zero-order valence-electron chi connectivity index (χ0n) is 17.3.